The van der Waals surface area contributed by atoms with Crippen LogP contribution in [-0.2, 0) is 9.59 Å². The Morgan fingerprint density at radius 3 is 2.48 bits per heavy atom. The van der Waals surface area contributed by atoms with Gasteiger partial charge >= 0.3 is 0 Å². The lowest BCUT2D eigenvalue weighted by Gasteiger charge is -2.34. The number of halogens is 1. The maximum Gasteiger partial charge on any atom is 0.251 e. The lowest BCUT2D eigenvalue weighted by atomic mass is 9.96. The quantitative estimate of drug-likeness (QED) is 0.615. The second-order valence-electron chi connectivity index (χ2n) is 7.57. The van der Waals surface area contributed by atoms with Crippen molar-refractivity contribution in [1.82, 2.24) is 9.88 Å². The molecule has 1 aromatic heterocycles. The van der Waals surface area contributed by atoms with E-state index < -0.39 is 11.9 Å². The number of para-hydroxylation sites is 2. The first-order valence-electron chi connectivity index (χ1n) is 9.82. The third-order valence-electron chi connectivity index (χ3n) is 5.85. The van der Waals surface area contributed by atoms with Crippen LogP contribution < -0.4 is 4.90 Å². The molecule has 3 heterocycles. The Morgan fingerprint density at radius 2 is 1.72 bits per heavy atom. The van der Waals surface area contributed by atoms with Crippen molar-refractivity contribution in [3.63, 3.8) is 0 Å². The van der Waals surface area contributed by atoms with E-state index in [1.807, 2.05) is 18.2 Å². The molecule has 0 unspecified atom stereocenters. The highest BCUT2D eigenvalue weighted by Gasteiger charge is 2.44. The summed E-state index contributed by atoms with van der Waals surface area (Å²) in [6.45, 7) is 1.46. The average Bonchev–Trinajstić information content (AvgIpc) is 3.30. The van der Waals surface area contributed by atoms with Gasteiger partial charge in [-0.2, -0.15) is 0 Å². The second kappa shape index (κ2) is 7.31. The van der Waals surface area contributed by atoms with Gasteiger partial charge in [0.1, 0.15) is 5.82 Å². The summed E-state index contributed by atoms with van der Waals surface area (Å²) in [5, 5.41) is 1.15. The van der Waals surface area contributed by atoms with Gasteiger partial charge in [0.25, 0.3) is 5.91 Å². The van der Waals surface area contributed by atoms with Crippen molar-refractivity contribution in [2.45, 2.75) is 31.2 Å². The fourth-order valence-corrected chi connectivity index (χ4v) is 5.45. The van der Waals surface area contributed by atoms with Crippen LogP contribution in [0.1, 0.15) is 30.2 Å². The molecule has 2 amide bonds. The summed E-state index contributed by atoms with van der Waals surface area (Å²) in [7, 11) is 0. The molecule has 5 rings (SSSR count). The van der Waals surface area contributed by atoms with E-state index >= 15 is 0 Å². The first-order chi connectivity index (χ1) is 14.1. The Hall–Kier alpha value is -2.64. The number of benzene rings is 2. The number of nitrogens with zero attached hydrogens (tertiary/aromatic N) is 3. The van der Waals surface area contributed by atoms with Crippen molar-refractivity contribution >= 4 is 39.1 Å². The molecule has 148 valence electrons. The highest BCUT2D eigenvalue weighted by molar-refractivity contribution is 7.18. The molecule has 2 aromatic carbocycles. The van der Waals surface area contributed by atoms with Crippen LogP contribution in [-0.4, -0.2) is 40.8 Å². The van der Waals surface area contributed by atoms with Gasteiger partial charge in [0.15, 0.2) is 0 Å². The predicted molar refractivity (Wildman–Crippen MR) is 110 cm³/mol. The number of anilines is 1. The summed E-state index contributed by atoms with van der Waals surface area (Å²) in [6, 6.07) is 13.6. The molecule has 7 heteroatoms. The number of hydrogen-bond acceptors (Lipinski definition) is 5. The minimum Gasteiger partial charge on any atom is -0.291 e. The number of thiazole rings is 1. The van der Waals surface area contributed by atoms with Crippen molar-refractivity contribution in [3.8, 4) is 0 Å². The van der Waals surface area contributed by atoms with E-state index in [2.05, 4.69) is 11.0 Å². The first kappa shape index (κ1) is 18.4. The van der Waals surface area contributed by atoms with Gasteiger partial charge < -0.3 is 0 Å². The molecule has 29 heavy (non-hydrogen) atoms. The third-order valence-corrected chi connectivity index (χ3v) is 7.05. The topological polar surface area (TPSA) is 53.5 Å². The highest BCUT2D eigenvalue weighted by Crippen LogP contribution is 2.36. The normalized spacial score (nSPS) is 21.4. The molecule has 0 radical (unpaired) electrons. The van der Waals surface area contributed by atoms with E-state index in [1.165, 1.54) is 16.8 Å². The minimum atomic E-state index is -0.551. The van der Waals surface area contributed by atoms with Gasteiger partial charge in [-0.1, -0.05) is 24.3 Å². The first-order valence-corrected chi connectivity index (χ1v) is 10.6. The largest absolute Gasteiger partial charge is 0.291 e. The third kappa shape index (κ3) is 3.24. The number of carbonyl (C=O) groups excluding carboxylic acids is 2. The Bertz CT molecular complexity index is 1060. The Morgan fingerprint density at radius 1 is 1.00 bits per heavy atom. The molecule has 2 aliphatic rings. The van der Waals surface area contributed by atoms with Crippen LogP contribution in [0.25, 0.3) is 10.2 Å². The van der Waals surface area contributed by atoms with Crippen LogP contribution in [0.5, 0.6) is 0 Å². The zero-order valence-electron chi connectivity index (χ0n) is 15.8. The summed E-state index contributed by atoms with van der Waals surface area (Å²) < 4.78 is 15.3. The molecule has 0 bridgehead atoms. The number of hydrogen-bond donors (Lipinski definition) is 0. The Balaban J connectivity index is 1.29. The summed E-state index contributed by atoms with van der Waals surface area (Å²) in [6.07, 6.45) is 1.91. The van der Waals surface area contributed by atoms with Crippen molar-refractivity contribution in [3.05, 3.63) is 59.4 Å². The number of fused-ring (bicyclic) bond motifs is 1. The van der Waals surface area contributed by atoms with E-state index in [9.17, 15) is 14.0 Å². The zero-order chi connectivity index (χ0) is 20.0. The van der Waals surface area contributed by atoms with Gasteiger partial charge in [-0.15, -0.1) is 11.3 Å². The van der Waals surface area contributed by atoms with Crippen molar-refractivity contribution in [2.75, 3.05) is 18.0 Å². The monoisotopic (exact) mass is 409 g/mol. The van der Waals surface area contributed by atoms with Gasteiger partial charge in [-0.3, -0.25) is 14.5 Å². The summed E-state index contributed by atoms with van der Waals surface area (Å²) in [5.41, 5.74) is 1.08. The Labute approximate surface area is 171 Å². The van der Waals surface area contributed by atoms with E-state index in [0.717, 1.165) is 41.4 Å². The molecule has 0 spiro atoms. The van der Waals surface area contributed by atoms with E-state index in [4.69, 9.17) is 4.98 Å². The highest BCUT2D eigenvalue weighted by atomic mass is 32.1. The molecule has 3 aromatic rings. The van der Waals surface area contributed by atoms with Crippen molar-refractivity contribution in [2.24, 2.45) is 0 Å². The van der Waals surface area contributed by atoms with Gasteiger partial charge in [0, 0.05) is 5.92 Å². The molecule has 2 aliphatic heterocycles. The van der Waals surface area contributed by atoms with Crippen molar-refractivity contribution < 1.29 is 14.0 Å². The van der Waals surface area contributed by atoms with Gasteiger partial charge in [0.05, 0.1) is 33.4 Å². The number of carbonyl (C=O) groups is 2. The number of rotatable bonds is 3. The number of imide groups is 1. The van der Waals surface area contributed by atoms with Crippen LogP contribution in [0.3, 0.4) is 0 Å². The van der Waals surface area contributed by atoms with E-state index in [0.29, 0.717) is 5.92 Å². The van der Waals surface area contributed by atoms with Crippen molar-refractivity contribution in [1.29, 1.82) is 0 Å². The molecule has 0 aliphatic carbocycles. The predicted octanol–water partition coefficient (Wildman–Crippen LogP) is 3.95. The fraction of sp³-hybridized carbons (Fsp3) is 0.318. The molecule has 2 saturated heterocycles. The molecule has 0 saturated carbocycles. The van der Waals surface area contributed by atoms with Crippen LogP contribution in [0.15, 0.2) is 48.5 Å². The van der Waals surface area contributed by atoms with Gasteiger partial charge in [-0.25, -0.2) is 14.3 Å². The number of amides is 2. The molecular weight excluding hydrogens is 389 g/mol. The maximum atomic E-state index is 14.1. The number of likely N-dealkylation sites (tertiary alicyclic amines) is 1. The van der Waals surface area contributed by atoms with Crippen LogP contribution in [0.2, 0.25) is 0 Å². The number of aromatic nitrogens is 1. The van der Waals surface area contributed by atoms with Crippen LogP contribution >= 0.6 is 11.3 Å². The van der Waals surface area contributed by atoms with Crippen LogP contribution in [0.4, 0.5) is 10.1 Å². The lowest BCUT2D eigenvalue weighted by molar-refractivity contribution is -0.123. The second-order valence-corrected chi connectivity index (χ2v) is 8.63. The molecular formula is C22H20FN3O2S. The summed E-state index contributed by atoms with van der Waals surface area (Å²) in [4.78, 5) is 33.3. The van der Waals surface area contributed by atoms with Gasteiger partial charge in [0.2, 0.25) is 5.91 Å². The summed E-state index contributed by atoms with van der Waals surface area (Å²) in [5.74, 6) is -0.833. The maximum absolute atomic E-state index is 14.1. The van der Waals surface area contributed by atoms with E-state index in [-0.39, 0.29) is 23.9 Å². The minimum absolute atomic E-state index is 0.0503. The molecule has 0 N–H and O–H groups in total. The van der Waals surface area contributed by atoms with Gasteiger partial charge in [-0.05, 0) is 50.2 Å². The SMILES string of the molecule is O=C1C[C@H](N2CCC(c3nc4ccccc4s3)CC2)C(=O)N1c1ccccc1F. The fourth-order valence-electron chi connectivity index (χ4n) is 4.31. The Kier molecular flexibility index (Phi) is 4.64. The van der Waals surface area contributed by atoms with Crippen LogP contribution in [0, 0.1) is 5.82 Å². The molecule has 2 fully saturated rings. The lowest BCUT2D eigenvalue weighted by Crippen LogP contribution is -2.45. The van der Waals surface area contributed by atoms with E-state index in [1.54, 1.807) is 23.5 Å². The summed E-state index contributed by atoms with van der Waals surface area (Å²) >= 11 is 1.74. The zero-order valence-corrected chi connectivity index (χ0v) is 16.6. The molecule has 1 atom stereocenters. The molecule has 5 nitrogen and oxygen atoms in total. The standard InChI is InChI=1S/C22H20FN3O2S/c23-15-5-1-3-7-17(15)26-20(27)13-18(22(26)28)25-11-9-14(10-12-25)21-24-16-6-2-4-8-19(16)29-21/h1-8,14,18H,9-13H2/t18-/m0/s1. The smallest absolute Gasteiger partial charge is 0.251 e. The number of piperidine rings is 1. The average molecular weight is 409 g/mol.